The van der Waals surface area contributed by atoms with E-state index in [1.807, 2.05) is 22.6 Å². The van der Waals surface area contributed by atoms with E-state index in [0.29, 0.717) is 3.83 Å². The molecule has 0 amide bonds. The van der Waals surface area contributed by atoms with Crippen molar-refractivity contribution in [2.45, 2.75) is 3.92 Å². The van der Waals surface area contributed by atoms with Crippen molar-refractivity contribution in [1.82, 2.24) is 20.2 Å². The summed E-state index contributed by atoms with van der Waals surface area (Å²) < 4.78 is -1.21. The zero-order valence-corrected chi connectivity index (χ0v) is 8.73. The van der Waals surface area contributed by atoms with Gasteiger partial charge in [-0.3, -0.25) is 0 Å². The quantitative estimate of drug-likeness (QED) is 0.539. The van der Waals surface area contributed by atoms with Crippen LogP contribution < -0.4 is 0 Å². The predicted octanol–water partition coefficient (Wildman–Crippen LogP) is 1.56. The second-order valence-electron chi connectivity index (χ2n) is 1.32. The zero-order valence-electron chi connectivity index (χ0n) is 4.30. The lowest BCUT2D eigenvalue weighted by atomic mass is 11.4. The summed E-state index contributed by atoms with van der Waals surface area (Å²) in [6.07, 6.45) is 0. The van der Waals surface area contributed by atoms with Gasteiger partial charge in [-0.05, 0) is 5.21 Å². The molecule has 1 aromatic heterocycles. The van der Waals surface area contributed by atoms with E-state index >= 15 is 0 Å². The SMILES string of the molecule is ClC(Cl)(Cl)n1nnc(I)n1. The fraction of sp³-hybridized carbons (Fsp3) is 0.500. The fourth-order valence-corrected chi connectivity index (χ4v) is 0.820. The van der Waals surface area contributed by atoms with Gasteiger partial charge in [-0.2, -0.15) is 0 Å². The molecule has 0 saturated heterocycles. The van der Waals surface area contributed by atoms with Crippen LogP contribution in [0.15, 0.2) is 0 Å². The van der Waals surface area contributed by atoms with E-state index in [1.54, 1.807) is 0 Å². The fourth-order valence-electron chi connectivity index (χ4n) is 0.305. The van der Waals surface area contributed by atoms with Gasteiger partial charge in [0.2, 0.25) is 3.83 Å². The van der Waals surface area contributed by atoms with Crippen LogP contribution in [0, 0.1) is 3.83 Å². The van der Waals surface area contributed by atoms with Crippen LogP contribution >= 0.6 is 57.4 Å². The molecule has 0 aromatic carbocycles. The zero-order chi connectivity index (χ0) is 7.78. The third kappa shape index (κ3) is 2.08. The van der Waals surface area contributed by atoms with Crippen molar-refractivity contribution in [3.8, 4) is 0 Å². The van der Waals surface area contributed by atoms with Gasteiger partial charge in [-0.25, -0.2) is 0 Å². The van der Waals surface area contributed by atoms with Crippen molar-refractivity contribution in [1.29, 1.82) is 0 Å². The van der Waals surface area contributed by atoms with Crippen LogP contribution in [0.2, 0.25) is 0 Å². The van der Waals surface area contributed by atoms with Crippen LogP contribution in [0.5, 0.6) is 0 Å². The lowest BCUT2D eigenvalue weighted by Crippen LogP contribution is -2.16. The second-order valence-corrected chi connectivity index (χ2v) is 4.50. The van der Waals surface area contributed by atoms with Gasteiger partial charge < -0.3 is 0 Å². The van der Waals surface area contributed by atoms with Gasteiger partial charge in [0.05, 0.1) is 0 Å². The summed E-state index contributed by atoms with van der Waals surface area (Å²) in [5.41, 5.74) is 0. The topological polar surface area (TPSA) is 43.6 Å². The van der Waals surface area contributed by atoms with E-state index in [9.17, 15) is 0 Å². The molecule has 0 bridgehead atoms. The summed E-state index contributed by atoms with van der Waals surface area (Å²) in [7, 11) is 0. The molecule has 0 saturated carbocycles. The number of alkyl halides is 3. The van der Waals surface area contributed by atoms with E-state index < -0.39 is 3.92 Å². The molecule has 0 unspecified atom stereocenters. The van der Waals surface area contributed by atoms with Crippen molar-refractivity contribution >= 4 is 57.4 Å². The Morgan fingerprint density at radius 3 is 2.20 bits per heavy atom. The molecule has 0 radical (unpaired) electrons. The maximum atomic E-state index is 5.40. The molecular formula is C2Cl3IN4. The summed E-state index contributed by atoms with van der Waals surface area (Å²) in [5, 5.41) is 10.6. The van der Waals surface area contributed by atoms with Gasteiger partial charge in [-0.1, -0.05) is 34.8 Å². The average molecular weight is 313 g/mol. The highest BCUT2D eigenvalue weighted by Crippen LogP contribution is 2.29. The molecule has 4 nitrogen and oxygen atoms in total. The second kappa shape index (κ2) is 2.96. The van der Waals surface area contributed by atoms with Gasteiger partial charge in [0, 0.05) is 22.6 Å². The Balaban J connectivity index is 2.96. The highest BCUT2D eigenvalue weighted by atomic mass is 127. The van der Waals surface area contributed by atoms with Gasteiger partial charge in [-0.15, -0.1) is 15.0 Å². The van der Waals surface area contributed by atoms with Crippen molar-refractivity contribution in [2.75, 3.05) is 0 Å². The molecule has 0 aliphatic rings. The summed E-state index contributed by atoms with van der Waals surface area (Å²) in [6.45, 7) is 0. The standard InChI is InChI=1S/C2Cl3IN4/c3-2(4,5)10-8-1(6)7-9-10. The molecule has 10 heavy (non-hydrogen) atoms. The highest BCUT2D eigenvalue weighted by Gasteiger charge is 2.25. The Hall–Kier alpha value is 0.670. The first-order valence-electron chi connectivity index (χ1n) is 2.03. The predicted molar refractivity (Wildman–Crippen MR) is 46.1 cm³/mol. The Kier molecular flexibility index (Phi) is 2.59. The summed E-state index contributed by atoms with van der Waals surface area (Å²) >= 11 is 18.1. The first-order chi connectivity index (χ1) is 4.50. The minimum Gasteiger partial charge on any atom is -0.121 e. The van der Waals surface area contributed by atoms with E-state index in [4.69, 9.17) is 34.8 Å². The molecule has 1 heterocycles. The van der Waals surface area contributed by atoms with Crippen LogP contribution in [0.1, 0.15) is 0 Å². The Morgan fingerprint density at radius 2 is 2.00 bits per heavy atom. The molecule has 0 spiro atoms. The molecular weight excluding hydrogens is 313 g/mol. The smallest absolute Gasteiger partial charge is 0.121 e. The minimum absolute atomic E-state index is 0.434. The molecule has 0 N–H and O–H groups in total. The van der Waals surface area contributed by atoms with Crippen LogP contribution in [-0.2, 0) is 3.92 Å². The monoisotopic (exact) mass is 312 g/mol. The van der Waals surface area contributed by atoms with E-state index in [1.165, 1.54) is 0 Å². The van der Waals surface area contributed by atoms with Crippen molar-refractivity contribution in [3.05, 3.63) is 3.83 Å². The van der Waals surface area contributed by atoms with E-state index in [-0.39, 0.29) is 0 Å². The third-order valence-corrected chi connectivity index (χ3v) is 1.50. The molecule has 1 rings (SSSR count). The van der Waals surface area contributed by atoms with Gasteiger partial charge in [0.1, 0.15) is 0 Å². The molecule has 0 aliphatic carbocycles. The summed E-state index contributed by atoms with van der Waals surface area (Å²) in [5.74, 6) is 0. The van der Waals surface area contributed by atoms with Crippen LogP contribution in [0.25, 0.3) is 0 Å². The van der Waals surface area contributed by atoms with E-state index in [0.717, 1.165) is 4.80 Å². The number of tetrazole rings is 1. The Bertz CT molecular complexity index is 229. The van der Waals surface area contributed by atoms with Gasteiger partial charge >= 0.3 is 3.92 Å². The minimum atomic E-state index is -1.64. The number of hydrogen-bond acceptors (Lipinski definition) is 3. The maximum absolute atomic E-state index is 5.40. The summed E-state index contributed by atoms with van der Waals surface area (Å²) in [6, 6.07) is 0. The summed E-state index contributed by atoms with van der Waals surface area (Å²) in [4.78, 5) is 0.902. The first-order valence-corrected chi connectivity index (χ1v) is 4.24. The maximum Gasteiger partial charge on any atom is 0.305 e. The highest BCUT2D eigenvalue weighted by molar-refractivity contribution is 14.1. The number of aromatic nitrogens is 4. The lowest BCUT2D eigenvalue weighted by Gasteiger charge is -2.05. The van der Waals surface area contributed by atoms with Crippen LogP contribution in [0.3, 0.4) is 0 Å². The van der Waals surface area contributed by atoms with Crippen molar-refractivity contribution in [3.63, 3.8) is 0 Å². The molecule has 0 fully saturated rings. The molecule has 8 heteroatoms. The molecule has 56 valence electrons. The average Bonchev–Trinajstić information content (AvgIpc) is 2.11. The first kappa shape index (κ1) is 8.76. The molecule has 0 aliphatic heterocycles. The number of halogens is 4. The third-order valence-electron chi connectivity index (χ3n) is 0.616. The van der Waals surface area contributed by atoms with Crippen molar-refractivity contribution < 1.29 is 0 Å². The largest absolute Gasteiger partial charge is 0.305 e. The van der Waals surface area contributed by atoms with Gasteiger partial charge in [0.25, 0.3) is 0 Å². The normalized spacial score (nSPS) is 12.0. The van der Waals surface area contributed by atoms with Crippen LogP contribution in [-0.4, -0.2) is 20.2 Å². The molecule has 0 atom stereocenters. The number of hydrogen-bond donors (Lipinski definition) is 0. The molecule has 1 aromatic rings. The number of nitrogens with zero attached hydrogens (tertiary/aromatic N) is 4. The lowest BCUT2D eigenvalue weighted by molar-refractivity contribution is 0.558. The van der Waals surface area contributed by atoms with Gasteiger partial charge in [0.15, 0.2) is 0 Å². The van der Waals surface area contributed by atoms with Crippen molar-refractivity contribution in [2.24, 2.45) is 0 Å². The Labute approximate surface area is 85.0 Å². The van der Waals surface area contributed by atoms with E-state index in [2.05, 4.69) is 15.4 Å². The Morgan fingerprint density at radius 1 is 1.40 bits per heavy atom. The number of rotatable bonds is 0. The van der Waals surface area contributed by atoms with Crippen LogP contribution in [0.4, 0.5) is 0 Å².